The van der Waals surface area contributed by atoms with Crippen molar-refractivity contribution >= 4 is 11.3 Å². The monoisotopic (exact) mass is 381 g/mol. The van der Waals surface area contributed by atoms with Gasteiger partial charge in [-0.3, -0.25) is 4.98 Å². The number of benzene rings is 1. The van der Waals surface area contributed by atoms with E-state index in [1.165, 1.54) is 5.57 Å². The van der Waals surface area contributed by atoms with E-state index in [4.69, 9.17) is 10.7 Å². The summed E-state index contributed by atoms with van der Waals surface area (Å²) in [5, 5.41) is 0. The maximum atomic E-state index is 6.04. The van der Waals surface area contributed by atoms with Crippen molar-refractivity contribution < 1.29 is 0 Å². The Morgan fingerprint density at radius 2 is 1.86 bits per heavy atom. The summed E-state index contributed by atoms with van der Waals surface area (Å²) in [6, 6.07) is 16.1. The van der Waals surface area contributed by atoms with Gasteiger partial charge in [0.2, 0.25) is 0 Å². The molecule has 29 heavy (non-hydrogen) atoms. The van der Waals surface area contributed by atoms with E-state index in [9.17, 15) is 0 Å². The van der Waals surface area contributed by atoms with E-state index in [2.05, 4.69) is 49.2 Å². The van der Waals surface area contributed by atoms with Gasteiger partial charge in [0.15, 0.2) is 0 Å². The number of aromatic nitrogens is 2. The summed E-state index contributed by atoms with van der Waals surface area (Å²) in [7, 11) is 0. The second-order valence-corrected chi connectivity index (χ2v) is 6.99. The van der Waals surface area contributed by atoms with Gasteiger partial charge in [0.1, 0.15) is 0 Å². The van der Waals surface area contributed by atoms with Crippen LogP contribution in [0, 0.1) is 0 Å². The number of hydrogen-bond donors (Lipinski definition) is 1. The number of allylic oxidation sites excluding steroid dienone is 6. The summed E-state index contributed by atoms with van der Waals surface area (Å²) < 4.78 is 0. The Morgan fingerprint density at radius 1 is 1.03 bits per heavy atom. The molecule has 0 unspecified atom stereocenters. The first-order chi connectivity index (χ1) is 14.1. The van der Waals surface area contributed by atoms with Crippen LogP contribution in [-0.2, 0) is 0 Å². The minimum atomic E-state index is 0.746. The average molecular weight is 382 g/mol. The molecule has 146 valence electrons. The molecule has 0 aliphatic rings. The number of hydrogen-bond acceptors (Lipinski definition) is 3. The Morgan fingerprint density at radius 3 is 2.55 bits per heavy atom. The van der Waals surface area contributed by atoms with E-state index in [0.717, 1.165) is 45.8 Å². The molecule has 0 fully saturated rings. The summed E-state index contributed by atoms with van der Waals surface area (Å²) in [6.07, 6.45) is 13.0. The standard InChI is InChI=1S/C26H27N3/c1-4-6-9-21(14-19(3)5-2)25-16-23(20-10-7-12-24(27)15-20)17-26(29-25)22-11-8-13-28-18-22/h4,6-18H,5,27H2,1-3H3/b6-4-,19-14?,21-9+. The molecular weight excluding hydrogens is 354 g/mol. The van der Waals surface area contributed by atoms with Gasteiger partial charge in [-0.15, -0.1) is 0 Å². The average Bonchev–Trinajstić information content (AvgIpc) is 2.76. The highest BCUT2D eigenvalue weighted by molar-refractivity contribution is 5.80. The highest BCUT2D eigenvalue weighted by Crippen LogP contribution is 2.30. The van der Waals surface area contributed by atoms with Crippen molar-refractivity contribution in [1.82, 2.24) is 9.97 Å². The maximum absolute atomic E-state index is 6.04. The molecule has 0 aliphatic heterocycles. The van der Waals surface area contributed by atoms with Gasteiger partial charge in [-0.2, -0.15) is 0 Å². The molecule has 2 aromatic heterocycles. The molecule has 0 aliphatic carbocycles. The number of nitrogens with zero attached hydrogens (tertiary/aromatic N) is 2. The molecule has 3 rings (SSSR count). The van der Waals surface area contributed by atoms with Crippen LogP contribution in [0.15, 0.2) is 90.8 Å². The number of nitrogens with two attached hydrogens (primary N) is 1. The lowest BCUT2D eigenvalue weighted by Crippen LogP contribution is -1.95. The molecule has 0 spiro atoms. The summed E-state index contributed by atoms with van der Waals surface area (Å²) >= 11 is 0. The molecule has 3 heteroatoms. The van der Waals surface area contributed by atoms with Crippen molar-refractivity contribution in [2.75, 3.05) is 5.73 Å². The second-order valence-electron chi connectivity index (χ2n) is 6.99. The van der Waals surface area contributed by atoms with Gasteiger partial charge in [-0.25, -0.2) is 4.98 Å². The van der Waals surface area contributed by atoms with Crippen molar-refractivity contribution in [3.63, 3.8) is 0 Å². The number of pyridine rings is 2. The molecule has 0 atom stereocenters. The Bertz CT molecular complexity index is 1060. The van der Waals surface area contributed by atoms with Gasteiger partial charge in [-0.1, -0.05) is 48.9 Å². The Labute approximate surface area is 173 Å². The summed E-state index contributed by atoms with van der Waals surface area (Å²) in [4.78, 5) is 9.24. The second kappa shape index (κ2) is 9.65. The van der Waals surface area contributed by atoms with Crippen molar-refractivity contribution in [2.24, 2.45) is 0 Å². The van der Waals surface area contributed by atoms with Gasteiger partial charge in [0.25, 0.3) is 0 Å². The lowest BCUT2D eigenvalue weighted by molar-refractivity contribution is 1.10. The van der Waals surface area contributed by atoms with Crippen LogP contribution >= 0.6 is 0 Å². The minimum Gasteiger partial charge on any atom is -0.399 e. The molecule has 0 amide bonds. The van der Waals surface area contributed by atoms with Crippen molar-refractivity contribution in [2.45, 2.75) is 27.2 Å². The molecule has 3 nitrogen and oxygen atoms in total. The Balaban J connectivity index is 2.23. The van der Waals surface area contributed by atoms with Crippen LogP contribution in [0.25, 0.3) is 28.0 Å². The molecule has 0 saturated carbocycles. The van der Waals surface area contributed by atoms with Gasteiger partial charge < -0.3 is 5.73 Å². The lowest BCUT2D eigenvalue weighted by atomic mass is 9.99. The van der Waals surface area contributed by atoms with Crippen molar-refractivity contribution in [3.05, 3.63) is 96.5 Å². The number of anilines is 1. The van der Waals surface area contributed by atoms with Crippen molar-refractivity contribution in [3.8, 4) is 22.4 Å². The van der Waals surface area contributed by atoms with Crippen LogP contribution in [0.2, 0.25) is 0 Å². The first-order valence-electron chi connectivity index (χ1n) is 9.89. The fourth-order valence-electron chi connectivity index (χ4n) is 3.00. The van der Waals surface area contributed by atoms with Gasteiger partial charge >= 0.3 is 0 Å². The van der Waals surface area contributed by atoms with E-state index < -0.39 is 0 Å². The van der Waals surface area contributed by atoms with E-state index >= 15 is 0 Å². The SMILES string of the molecule is C/C=C\C=C(/C=C(C)CC)c1cc(-c2cccc(N)c2)cc(-c2cccnc2)n1. The fraction of sp³-hybridized carbons (Fsp3) is 0.154. The van der Waals surface area contributed by atoms with Crippen LogP contribution in [0.3, 0.4) is 0 Å². The third-order valence-electron chi connectivity index (χ3n) is 4.73. The lowest BCUT2D eigenvalue weighted by Gasteiger charge is -2.11. The molecule has 2 N–H and O–H groups in total. The van der Waals surface area contributed by atoms with Gasteiger partial charge in [0.05, 0.1) is 11.4 Å². The first-order valence-corrected chi connectivity index (χ1v) is 9.89. The number of rotatable bonds is 6. The molecule has 0 radical (unpaired) electrons. The van der Waals surface area contributed by atoms with E-state index in [0.29, 0.717) is 0 Å². The zero-order valence-electron chi connectivity index (χ0n) is 17.3. The fourth-order valence-corrected chi connectivity index (χ4v) is 3.00. The van der Waals surface area contributed by atoms with Crippen molar-refractivity contribution in [1.29, 1.82) is 0 Å². The predicted molar refractivity (Wildman–Crippen MR) is 124 cm³/mol. The van der Waals surface area contributed by atoms with Crippen LogP contribution < -0.4 is 5.73 Å². The molecule has 3 aromatic rings. The third-order valence-corrected chi connectivity index (χ3v) is 4.73. The number of nitrogen functional groups attached to an aromatic ring is 1. The Hall–Kier alpha value is -3.46. The van der Waals surface area contributed by atoms with Crippen LogP contribution in [0.4, 0.5) is 5.69 Å². The zero-order valence-corrected chi connectivity index (χ0v) is 17.3. The third kappa shape index (κ3) is 5.29. The van der Waals surface area contributed by atoms with Crippen LogP contribution in [0.1, 0.15) is 32.9 Å². The first kappa shape index (κ1) is 20.3. The quantitative estimate of drug-likeness (QED) is 0.381. The summed E-state index contributed by atoms with van der Waals surface area (Å²) in [5.41, 5.74) is 14.1. The topological polar surface area (TPSA) is 51.8 Å². The zero-order chi connectivity index (χ0) is 20.6. The molecule has 1 aromatic carbocycles. The van der Waals surface area contributed by atoms with E-state index in [1.807, 2.05) is 55.6 Å². The summed E-state index contributed by atoms with van der Waals surface area (Å²) in [5.74, 6) is 0. The van der Waals surface area contributed by atoms with E-state index in [1.54, 1.807) is 6.20 Å². The summed E-state index contributed by atoms with van der Waals surface area (Å²) in [6.45, 7) is 6.33. The Kier molecular flexibility index (Phi) is 6.75. The predicted octanol–water partition coefficient (Wildman–Crippen LogP) is 6.71. The largest absolute Gasteiger partial charge is 0.399 e. The molecule has 0 saturated heterocycles. The van der Waals surface area contributed by atoms with Crippen LogP contribution in [-0.4, -0.2) is 9.97 Å². The van der Waals surface area contributed by atoms with Gasteiger partial charge in [-0.05, 0) is 67.8 Å². The smallest absolute Gasteiger partial charge is 0.0731 e. The molecular formula is C26H27N3. The maximum Gasteiger partial charge on any atom is 0.0731 e. The highest BCUT2D eigenvalue weighted by Gasteiger charge is 2.10. The molecule has 0 bridgehead atoms. The van der Waals surface area contributed by atoms with Gasteiger partial charge in [0, 0.05) is 29.2 Å². The highest BCUT2D eigenvalue weighted by atomic mass is 14.7. The minimum absolute atomic E-state index is 0.746. The van der Waals surface area contributed by atoms with E-state index in [-0.39, 0.29) is 0 Å². The van der Waals surface area contributed by atoms with Crippen LogP contribution in [0.5, 0.6) is 0 Å². The molecule has 2 heterocycles. The normalized spacial score (nSPS) is 12.5.